The molecule has 0 bridgehead atoms. The number of aryl methyl sites for hydroxylation is 1. The monoisotopic (exact) mass is 223 g/mol. The first-order valence-corrected chi connectivity index (χ1v) is 6.23. The molecule has 0 saturated heterocycles. The molecule has 0 aromatic heterocycles. The maximum atomic E-state index is 11.7. The van der Waals surface area contributed by atoms with Crippen molar-refractivity contribution in [3.8, 4) is 0 Å². The third-order valence-corrected chi connectivity index (χ3v) is 2.92. The lowest BCUT2D eigenvalue weighted by atomic mass is 10.1. The van der Waals surface area contributed by atoms with Crippen LogP contribution in [-0.2, 0) is 6.42 Å². The van der Waals surface area contributed by atoms with Crippen LogP contribution >= 0.6 is 11.8 Å². The minimum absolute atomic E-state index is 0.0768. The maximum absolute atomic E-state index is 11.7. The van der Waals surface area contributed by atoms with Crippen LogP contribution in [0.2, 0.25) is 0 Å². The molecule has 2 N–H and O–H groups in total. The minimum Gasteiger partial charge on any atom is -0.398 e. The molecular weight excluding hydrogens is 206 g/mol. The van der Waals surface area contributed by atoms with Crippen molar-refractivity contribution in [1.29, 1.82) is 0 Å². The van der Waals surface area contributed by atoms with Gasteiger partial charge in [0.05, 0.1) is 5.56 Å². The Morgan fingerprint density at radius 1 is 1.40 bits per heavy atom. The van der Waals surface area contributed by atoms with Crippen LogP contribution < -0.4 is 5.73 Å². The van der Waals surface area contributed by atoms with E-state index in [1.807, 2.05) is 25.1 Å². The Kier molecular flexibility index (Phi) is 4.69. The SMILES string of the molecule is CCCc1ccc(N)c(C(=O)SCC)c1. The summed E-state index contributed by atoms with van der Waals surface area (Å²) in [6.07, 6.45) is 2.08. The third kappa shape index (κ3) is 3.27. The van der Waals surface area contributed by atoms with Crippen LogP contribution in [0.1, 0.15) is 36.2 Å². The molecule has 0 aliphatic carbocycles. The Hall–Kier alpha value is -0.960. The number of anilines is 1. The molecule has 1 aromatic rings. The van der Waals surface area contributed by atoms with Crippen molar-refractivity contribution < 1.29 is 4.79 Å². The normalized spacial score (nSPS) is 10.3. The molecule has 0 heterocycles. The molecular formula is C12H17NOS. The standard InChI is InChI=1S/C12H17NOS/c1-3-5-9-6-7-11(13)10(8-9)12(14)15-4-2/h6-8H,3-5,13H2,1-2H3. The Bertz CT molecular complexity index is 349. The van der Waals surface area contributed by atoms with Crippen LogP contribution in [-0.4, -0.2) is 10.9 Å². The fraction of sp³-hybridized carbons (Fsp3) is 0.417. The second-order valence-corrected chi connectivity index (χ2v) is 4.63. The van der Waals surface area contributed by atoms with Gasteiger partial charge < -0.3 is 5.73 Å². The van der Waals surface area contributed by atoms with Crippen molar-refractivity contribution >= 4 is 22.6 Å². The highest BCUT2D eigenvalue weighted by molar-refractivity contribution is 8.14. The lowest BCUT2D eigenvalue weighted by Gasteiger charge is -2.06. The molecule has 2 nitrogen and oxygen atoms in total. The molecule has 82 valence electrons. The van der Waals surface area contributed by atoms with Crippen molar-refractivity contribution in [1.82, 2.24) is 0 Å². The van der Waals surface area contributed by atoms with E-state index in [1.54, 1.807) is 0 Å². The Labute approximate surface area is 95.2 Å². The number of rotatable bonds is 4. The predicted octanol–water partition coefficient (Wildman–Crippen LogP) is 3.11. The van der Waals surface area contributed by atoms with Crippen LogP contribution in [0.3, 0.4) is 0 Å². The van der Waals surface area contributed by atoms with Crippen LogP contribution in [0, 0.1) is 0 Å². The first kappa shape index (κ1) is 12.1. The quantitative estimate of drug-likeness (QED) is 0.797. The maximum Gasteiger partial charge on any atom is 0.221 e. The van der Waals surface area contributed by atoms with Gasteiger partial charge in [0.15, 0.2) is 0 Å². The summed E-state index contributed by atoms with van der Waals surface area (Å²) in [6, 6.07) is 5.74. The van der Waals surface area contributed by atoms with E-state index in [0.717, 1.165) is 18.6 Å². The first-order chi connectivity index (χ1) is 7.19. The number of thioether (sulfide) groups is 1. The molecule has 0 spiro atoms. The van der Waals surface area contributed by atoms with Gasteiger partial charge in [-0.2, -0.15) is 0 Å². The summed E-state index contributed by atoms with van der Waals surface area (Å²) in [6.45, 7) is 4.09. The highest BCUT2D eigenvalue weighted by atomic mass is 32.2. The number of hydrogen-bond donors (Lipinski definition) is 1. The second kappa shape index (κ2) is 5.81. The summed E-state index contributed by atoms with van der Waals surface area (Å²) in [5.41, 5.74) is 8.21. The Morgan fingerprint density at radius 3 is 2.73 bits per heavy atom. The van der Waals surface area contributed by atoms with E-state index in [2.05, 4.69) is 6.92 Å². The fourth-order valence-electron chi connectivity index (χ4n) is 1.43. The largest absolute Gasteiger partial charge is 0.398 e. The van der Waals surface area contributed by atoms with Crippen molar-refractivity contribution in [3.05, 3.63) is 29.3 Å². The molecule has 0 radical (unpaired) electrons. The van der Waals surface area contributed by atoms with Gasteiger partial charge in [0.2, 0.25) is 5.12 Å². The number of carbonyl (C=O) groups is 1. The molecule has 0 unspecified atom stereocenters. The third-order valence-electron chi connectivity index (χ3n) is 2.15. The van der Waals surface area contributed by atoms with Crippen molar-refractivity contribution in [3.63, 3.8) is 0 Å². The molecule has 3 heteroatoms. The molecule has 0 aliphatic heterocycles. The summed E-state index contributed by atoms with van der Waals surface area (Å²) < 4.78 is 0. The molecule has 0 atom stereocenters. The molecule has 0 amide bonds. The van der Waals surface area contributed by atoms with E-state index in [1.165, 1.54) is 17.3 Å². The van der Waals surface area contributed by atoms with Gasteiger partial charge >= 0.3 is 0 Å². The Balaban J connectivity index is 2.94. The summed E-state index contributed by atoms with van der Waals surface area (Å²) in [5.74, 6) is 0.788. The van der Waals surface area contributed by atoms with E-state index in [-0.39, 0.29) is 5.12 Å². The number of nitrogen functional groups attached to an aromatic ring is 1. The van der Waals surface area contributed by atoms with Gasteiger partial charge in [-0.15, -0.1) is 0 Å². The topological polar surface area (TPSA) is 43.1 Å². The molecule has 0 aliphatic rings. The van der Waals surface area contributed by atoms with Crippen LogP contribution in [0.4, 0.5) is 5.69 Å². The van der Waals surface area contributed by atoms with E-state index in [4.69, 9.17) is 5.73 Å². The lowest BCUT2D eigenvalue weighted by molar-refractivity contribution is 0.109. The summed E-state index contributed by atoms with van der Waals surface area (Å²) in [4.78, 5) is 11.7. The zero-order valence-electron chi connectivity index (χ0n) is 9.25. The lowest BCUT2D eigenvalue weighted by Crippen LogP contribution is -2.01. The van der Waals surface area contributed by atoms with Gasteiger partial charge in [-0.1, -0.05) is 38.1 Å². The zero-order valence-corrected chi connectivity index (χ0v) is 10.1. The average molecular weight is 223 g/mol. The summed E-state index contributed by atoms with van der Waals surface area (Å²) in [7, 11) is 0. The van der Waals surface area contributed by atoms with E-state index >= 15 is 0 Å². The second-order valence-electron chi connectivity index (χ2n) is 3.39. The van der Waals surface area contributed by atoms with Crippen LogP contribution in [0.5, 0.6) is 0 Å². The number of benzene rings is 1. The molecule has 1 aromatic carbocycles. The van der Waals surface area contributed by atoms with Gasteiger partial charge in [-0.3, -0.25) is 4.79 Å². The van der Waals surface area contributed by atoms with Crippen LogP contribution in [0.25, 0.3) is 0 Å². The number of carbonyl (C=O) groups excluding carboxylic acids is 1. The van der Waals surface area contributed by atoms with Gasteiger partial charge in [0, 0.05) is 5.69 Å². The van der Waals surface area contributed by atoms with E-state index in [0.29, 0.717) is 11.3 Å². The van der Waals surface area contributed by atoms with Crippen LogP contribution in [0.15, 0.2) is 18.2 Å². The van der Waals surface area contributed by atoms with E-state index < -0.39 is 0 Å². The number of nitrogens with two attached hydrogens (primary N) is 1. The molecule has 15 heavy (non-hydrogen) atoms. The molecule has 1 rings (SSSR count). The minimum atomic E-state index is 0.0768. The Morgan fingerprint density at radius 2 is 2.13 bits per heavy atom. The van der Waals surface area contributed by atoms with Gasteiger partial charge in [-0.25, -0.2) is 0 Å². The zero-order chi connectivity index (χ0) is 11.3. The van der Waals surface area contributed by atoms with Crippen molar-refractivity contribution in [2.24, 2.45) is 0 Å². The smallest absolute Gasteiger partial charge is 0.221 e. The average Bonchev–Trinajstić information content (AvgIpc) is 2.21. The number of hydrogen-bond acceptors (Lipinski definition) is 3. The van der Waals surface area contributed by atoms with Gasteiger partial charge in [0.25, 0.3) is 0 Å². The predicted molar refractivity (Wildman–Crippen MR) is 67.3 cm³/mol. The fourth-order valence-corrected chi connectivity index (χ4v) is 2.03. The summed E-state index contributed by atoms with van der Waals surface area (Å²) in [5, 5.41) is 0.0768. The summed E-state index contributed by atoms with van der Waals surface area (Å²) >= 11 is 1.31. The highest BCUT2D eigenvalue weighted by Crippen LogP contribution is 2.20. The van der Waals surface area contributed by atoms with Gasteiger partial charge in [0.1, 0.15) is 0 Å². The molecule has 0 fully saturated rings. The van der Waals surface area contributed by atoms with Crippen molar-refractivity contribution in [2.75, 3.05) is 11.5 Å². The van der Waals surface area contributed by atoms with E-state index in [9.17, 15) is 4.79 Å². The molecule has 0 saturated carbocycles. The first-order valence-electron chi connectivity index (χ1n) is 5.24. The highest BCUT2D eigenvalue weighted by Gasteiger charge is 2.09. The van der Waals surface area contributed by atoms with Crippen molar-refractivity contribution in [2.45, 2.75) is 26.7 Å². The van der Waals surface area contributed by atoms with Gasteiger partial charge in [-0.05, 0) is 29.9 Å².